The predicted octanol–water partition coefficient (Wildman–Crippen LogP) is 4.54. The average Bonchev–Trinajstić information content (AvgIpc) is 2.72. The topological polar surface area (TPSA) is 34.6 Å². The van der Waals surface area contributed by atoms with Gasteiger partial charge in [-0.05, 0) is 62.8 Å². The van der Waals surface area contributed by atoms with Crippen LogP contribution in [0.2, 0.25) is 0 Å². The van der Waals surface area contributed by atoms with Crippen molar-refractivity contribution in [2.75, 3.05) is 26.3 Å². The number of rotatable bonds is 5. The molecule has 2 aliphatic heterocycles. The molecule has 150 valence electrons. The van der Waals surface area contributed by atoms with E-state index in [1.807, 2.05) is 19.1 Å². The Morgan fingerprint density at radius 3 is 2.79 bits per heavy atom. The Hall–Kier alpha value is -2.21. The molecule has 1 unspecified atom stereocenters. The van der Waals surface area contributed by atoms with Crippen LogP contribution in [0.15, 0.2) is 30.3 Å². The second-order valence-electron chi connectivity index (χ2n) is 7.70. The van der Waals surface area contributed by atoms with Gasteiger partial charge in [-0.15, -0.1) is 0 Å². The highest BCUT2D eigenvalue weighted by Crippen LogP contribution is 2.34. The molecule has 0 aliphatic carbocycles. The zero-order valence-electron chi connectivity index (χ0n) is 16.2. The van der Waals surface area contributed by atoms with Gasteiger partial charge in [0.2, 0.25) is 0 Å². The standard InChI is InChI=1S/C22H26F2N2O2/c1-15(21-19(24)13-20-22(25-21)28-12-11-27-20)26-10-2-3-17(14-26)5-4-16-6-8-18(23)9-7-16/h6-9,13,15,17H,2-5,10-12,14H2,1H3/t15?,17-/m0/s1. The summed E-state index contributed by atoms with van der Waals surface area (Å²) in [4.78, 5) is 6.72. The molecule has 0 N–H and O–H groups in total. The van der Waals surface area contributed by atoms with Gasteiger partial charge >= 0.3 is 0 Å². The smallest absolute Gasteiger partial charge is 0.257 e. The summed E-state index contributed by atoms with van der Waals surface area (Å²) in [5.74, 6) is 0.775. The van der Waals surface area contributed by atoms with Gasteiger partial charge in [-0.2, -0.15) is 0 Å². The van der Waals surface area contributed by atoms with E-state index in [1.165, 1.54) is 24.6 Å². The lowest BCUT2D eigenvalue weighted by Gasteiger charge is -2.37. The van der Waals surface area contributed by atoms with Crippen LogP contribution >= 0.6 is 0 Å². The summed E-state index contributed by atoms with van der Waals surface area (Å²) >= 11 is 0. The summed E-state index contributed by atoms with van der Waals surface area (Å²) in [5, 5.41) is 0. The van der Waals surface area contributed by atoms with Gasteiger partial charge in [0, 0.05) is 12.6 Å². The van der Waals surface area contributed by atoms with E-state index in [0.29, 0.717) is 36.5 Å². The Morgan fingerprint density at radius 2 is 1.96 bits per heavy atom. The molecule has 4 rings (SSSR count). The van der Waals surface area contributed by atoms with Gasteiger partial charge in [0.1, 0.15) is 24.8 Å². The molecular weight excluding hydrogens is 362 g/mol. The van der Waals surface area contributed by atoms with E-state index in [-0.39, 0.29) is 17.7 Å². The number of ether oxygens (including phenoxy) is 2. The Labute approximate surface area is 164 Å². The first kappa shape index (κ1) is 19.1. The summed E-state index contributed by atoms with van der Waals surface area (Å²) in [6.45, 7) is 4.71. The van der Waals surface area contributed by atoms with Crippen molar-refractivity contribution in [3.63, 3.8) is 0 Å². The molecule has 1 saturated heterocycles. The molecule has 28 heavy (non-hydrogen) atoms. The summed E-state index contributed by atoms with van der Waals surface area (Å²) in [6.07, 6.45) is 4.24. The normalized spacial score (nSPS) is 20.8. The number of nitrogens with zero attached hydrogens (tertiary/aromatic N) is 2. The first-order valence-corrected chi connectivity index (χ1v) is 10.0. The van der Waals surface area contributed by atoms with E-state index in [9.17, 15) is 8.78 Å². The third-order valence-electron chi connectivity index (χ3n) is 5.76. The van der Waals surface area contributed by atoms with Crippen LogP contribution < -0.4 is 9.47 Å². The maximum Gasteiger partial charge on any atom is 0.257 e. The first-order valence-electron chi connectivity index (χ1n) is 10.0. The Morgan fingerprint density at radius 1 is 1.18 bits per heavy atom. The fourth-order valence-electron chi connectivity index (χ4n) is 4.14. The quantitative estimate of drug-likeness (QED) is 0.753. The molecule has 2 aromatic rings. The molecule has 0 amide bonds. The fraction of sp³-hybridized carbons (Fsp3) is 0.500. The summed E-state index contributed by atoms with van der Waals surface area (Å²) < 4.78 is 38.6. The average molecular weight is 388 g/mol. The van der Waals surface area contributed by atoms with Crippen molar-refractivity contribution in [1.82, 2.24) is 9.88 Å². The van der Waals surface area contributed by atoms with Crippen LogP contribution in [0.3, 0.4) is 0 Å². The van der Waals surface area contributed by atoms with E-state index in [2.05, 4.69) is 9.88 Å². The molecule has 1 aromatic heterocycles. The molecule has 0 saturated carbocycles. The van der Waals surface area contributed by atoms with Crippen molar-refractivity contribution in [2.24, 2.45) is 5.92 Å². The van der Waals surface area contributed by atoms with E-state index >= 15 is 0 Å². The number of piperidine rings is 1. The Bertz CT molecular complexity index is 813. The summed E-state index contributed by atoms with van der Waals surface area (Å²) in [7, 11) is 0. The highest BCUT2D eigenvalue weighted by Gasteiger charge is 2.28. The second kappa shape index (κ2) is 8.43. The van der Waals surface area contributed by atoms with Gasteiger partial charge in [-0.3, -0.25) is 4.90 Å². The molecule has 1 fully saturated rings. The van der Waals surface area contributed by atoms with Crippen molar-refractivity contribution in [3.05, 3.63) is 53.2 Å². The lowest BCUT2D eigenvalue weighted by Crippen LogP contribution is -2.38. The number of likely N-dealkylation sites (tertiary alicyclic amines) is 1. The number of hydrogen-bond donors (Lipinski definition) is 0. The second-order valence-corrected chi connectivity index (χ2v) is 7.70. The van der Waals surface area contributed by atoms with Crippen molar-refractivity contribution in [1.29, 1.82) is 0 Å². The minimum Gasteiger partial charge on any atom is -0.484 e. The number of hydrogen-bond acceptors (Lipinski definition) is 4. The van der Waals surface area contributed by atoms with Gasteiger partial charge in [0.05, 0.1) is 11.7 Å². The van der Waals surface area contributed by atoms with Crippen LogP contribution in [0.5, 0.6) is 11.6 Å². The fourth-order valence-corrected chi connectivity index (χ4v) is 4.14. The number of aromatic nitrogens is 1. The molecule has 4 nitrogen and oxygen atoms in total. The van der Waals surface area contributed by atoms with Crippen molar-refractivity contribution in [3.8, 4) is 11.6 Å². The number of fused-ring (bicyclic) bond motifs is 1. The van der Waals surface area contributed by atoms with Crippen LogP contribution in [0.4, 0.5) is 8.78 Å². The van der Waals surface area contributed by atoms with E-state index in [4.69, 9.17) is 9.47 Å². The van der Waals surface area contributed by atoms with E-state index < -0.39 is 0 Å². The van der Waals surface area contributed by atoms with E-state index in [1.54, 1.807) is 0 Å². The largest absolute Gasteiger partial charge is 0.484 e. The SMILES string of the molecule is CC(c1nc2c(cc1F)OCCO2)N1CCC[C@@H](CCc2ccc(F)cc2)C1. The molecule has 6 heteroatoms. The Balaban J connectivity index is 1.40. The minimum atomic E-state index is -0.342. The number of halogens is 2. The van der Waals surface area contributed by atoms with Crippen molar-refractivity contribution < 1.29 is 18.3 Å². The first-order chi connectivity index (χ1) is 13.6. The summed E-state index contributed by atoms with van der Waals surface area (Å²) in [6, 6.07) is 8.01. The number of aryl methyl sites for hydroxylation is 1. The lowest BCUT2D eigenvalue weighted by atomic mass is 9.90. The van der Waals surface area contributed by atoms with Crippen molar-refractivity contribution in [2.45, 2.75) is 38.6 Å². The molecule has 2 aliphatic rings. The molecule has 0 radical (unpaired) electrons. The zero-order valence-corrected chi connectivity index (χ0v) is 16.2. The van der Waals surface area contributed by atoms with Gasteiger partial charge < -0.3 is 9.47 Å². The highest BCUT2D eigenvalue weighted by molar-refractivity contribution is 5.37. The maximum atomic E-state index is 14.6. The van der Waals surface area contributed by atoms with Crippen LogP contribution in [0, 0.1) is 17.6 Å². The van der Waals surface area contributed by atoms with Crippen LogP contribution in [0.1, 0.15) is 43.5 Å². The van der Waals surface area contributed by atoms with Gasteiger partial charge in [0.25, 0.3) is 5.88 Å². The highest BCUT2D eigenvalue weighted by atomic mass is 19.1. The maximum absolute atomic E-state index is 14.6. The third-order valence-corrected chi connectivity index (χ3v) is 5.76. The lowest BCUT2D eigenvalue weighted by molar-refractivity contribution is 0.120. The van der Waals surface area contributed by atoms with Crippen LogP contribution in [-0.4, -0.2) is 36.2 Å². The monoisotopic (exact) mass is 388 g/mol. The molecule has 1 aromatic carbocycles. The molecule has 0 bridgehead atoms. The number of benzene rings is 1. The molecule has 0 spiro atoms. The van der Waals surface area contributed by atoms with Crippen LogP contribution in [-0.2, 0) is 6.42 Å². The molecule has 2 atom stereocenters. The van der Waals surface area contributed by atoms with Gasteiger partial charge in [0.15, 0.2) is 5.75 Å². The minimum absolute atomic E-state index is 0.121. The zero-order chi connectivity index (χ0) is 19.5. The molecule has 3 heterocycles. The molecular formula is C22H26F2N2O2. The number of pyridine rings is 1. The van der Waals surface area contributed by atoms with Crippen molar-refractivity contribution >= 4 is 0 Å². The predicted molar refractivity (Wildman–Crippen MR) is 103 cm³/mol. The summed E-state index contributed by atoms with van der Waals surface area (Å²) in [5.41, 5.74) is 1.58. The van der Waals surface area contributed by atoms with Gasteiger partial charge in [-0.1, -0.05) is 12.1 Å². The van der Waals surface area contributed by atoms with Gasteiger partial charge in [-0.25, -0.2) is 13.8 Å². The third kappa shape index (κ3) is 4.27. The van der Waals surface area contributed by atoms with E-state index in [0.717, 1.165) is 37.9 Å². The van der Waals surface area contributed by atoms with Crippen LogP contribution in [0.25, 0.3) is 0 Å². The Kier molecular flexibility index (Phi) is 5.76.